The summed E-state index contributed by atoms with van der Waals surface area (Å²) in [5, 5.41) is 13.5. The summed E-state index contributed by atoms with van der Waals surface area (Å²) in [6.45, 7) is 0.733. The predicted molar refractivity (Wildman–Crippen MR) is 49.0 cm³/mol. The van der Waals surface area contributed by atoms with Gasteiger partial charge in [-0.2, -0.15) is 5.26 Å². The van der Waals surface area contributed by atoms with E-state index >= 15 is 0 Å². The minimum absolute atomic E-state index is 0.0429. The average molecular weight is 193 g/mol. The molecule has 1 rings (SSSR count). The van der Waals surface area contributed by atoms with E-state index in [2.05, 4.69) is 10.6 Å². The van der Waals surface area contributed by atoms with Crippen LogP contribution in [0.2, 0.25) is 0 Å². The van der Waals surface area contributed by atoms with Crippen molar-refractivity contribution >= 4 is 5.91 Å². The number of nitrogens with one attached hydrogen (secondary N) is 2. The van der Waals surface area contributed by atoms with E-state index in [-0.39, 0.29) is 19.0 Å². The second kappa shape index (κ2) is 5.78. The van der Waals surface area contributed by atoms with Crippen LogP contribution in [-0.2, 0) is 11.3 Å². The van der Waals surface area contributed by atoms with Crippen LogP contribution < -0.4 is 10.6 Å². The van der Waals surface area contributed by atoms with Gasteiger partial charge in [-0.15, -0.1) is 0 Å². The van der Waals surface area contributed by atoms with E-state index in [9.17, 15) is 4.79 Å². The molecule has 0 aromatic carbocycles. The first kappa shape index (κ1) is 10.3. The molecular formula is C9H11N3O2. The molecule has 1 amide bonds. The number of hydrogen-bond donors (Lipinski definition) is 2. The number of furan rings is 1. The van der Waals surface area contributed by atoms with Crippen molar-refractivity contribution in [1.82, 2.24) is 10.6 Å². The van der Waals surface area contributed by atoms with Crippen LogP contribution >= 0.6 is 0 Å². The van der Waals surface area contributed by atoms with Crippen molar-refractivity contribution < 1.29 is 9.21 Å². The zero-order valence-electron chi connectivity index (χ0n) is 7.62. The lowest BCUT2D eigenvalue weighted by molar-refractivity contribution is -0.120. The molecule has 1 aromatic rings. The maximum absolute atomic E-state index is 11.0. The standard InChI is InChI=1S/C9H11N3O2/c10-3-4-12-9(13)7-11-6-8-2-1-5-14-8/h1-2,5,11H,4,6-7H2,(H,12,13). The lowest BCUT2D eigenvalue weighted by Gasteiger charge is -2.01. The lowest BCUT2D eigenvalue weighted by atomic mass is 10.4. The minimum atomic E-state index is -0.196. The molecule has 0 aliphatic rings. The molecule has 0 saturated heterocycles. The largest absolute Gasteiger partial charge is 0.468 e. The Kier molecular flexibility index (Phi) is 4.24. The van der Waals surface area contributed by atoms with E-state index in [4.69, 9.17) is 9.68 Å². The molecular weight excluding hydrogens is 182 g/mol. The second-order valence-electron chi connectivity index (χ2n) is 2.62. The van der Waals surface area contributed by atoms with Gasteiger partial charge in [0.25, 0.3) is 0 Å². The van der Waals surface area contributed by atoms with Gasteiger partial charge in [-0.05, 0) is 12.1 Å². The van der Waals surface area contributed by atoms with Crippen LogP contribution in [0, 0.1) is 11.3 Å². The van der Waals surface area contributed by atoms with E-state index in [0.717, 1.165) is 5.76 Å². The lowest BCUT2D eigenvalue weighted by Crippen LogP contribution is -2.33. The minimum Gasteiger partial charge on any atom is -0.468 e. The Morgan fingerprint density at radius 3 is 3.14 bits per heavy atom. The van der Waals surface area contributed by atoms with E-state index in [1.165, 1.54) is 0 Å². The molecule has 74 valence electrons. The first-order chi connectivity index (χ1) is 6.83. The van der Waals surface area contributed by atoms with Crippen molar-refractivity contribution in [3.63, 3.8) is 0 Å². The number of hydrogen-bond acceptors (Lipinski definition) is 4. The molecule has 1 aromatic heterocycles. The summed E-state index contributed by atoms with van der Waals surface area (Å²) >= 11 is 0. The fraction of sp³-hybridized carbons (Fsp3) is 0.333. The topological polar surface area (TPSA) is 78.1 Å². The van der Waals surface area contributed by atoms with Crippen molar-refractivity contribution in [2.45, 2.75) is 6.54 Å². The molecule has 1 heterocycles. The van der Waals surface area contributed by atoms with Crippen molar-refractivity contribution in [2.24, 2.45) is 0 Å². The zero-order chi connectivity index (χ0) is 10.2. The van der Waals surface area contributed by atoms with E-state index < -0.39 is 0 Å². The molecule has 0 bridgehead atoms. The summed E-state index contributed by atoms with van der Waals surface area (Å²) < 4.78 is 5.05. The molecule has 0 spiro atoms. The molecule has 0 aliphatic carbocycles. The van der Waals surface area contributed by atoms with Gasteiger partial charge in [0.15, 0.2) is 0 Å². The number of rotatable bonds is 5. The SMILES string of the molecule is N#CCNC(=O)CNCc1ccco1. The highest BCUT2D eigenvalue weighted by Crippen LogP contribution is 1.97. The molecule has 2 N–H and O–H groups in total. The van der Waals surface area contributed by atoms with Crippen LogP contribution in [0.15, 0.2) is 22.8 Å². The third-order valence-electron chi connectivity index (χ3n) is 1.53. The Balaban J connectivity index is 2.10. The monoisotopic (exact) mass is 193 g/mol. The van der Waals surface area contributed by atoms with Crippen LogP contribution in [0.1, 0.15) is 5.76 Å². The first-order valence-corrected chi connectivity index (χ1v) is 4.19. The van der Waals surface area contributed by atoms with Crippen molar-refractivity contribution in [2.75, 3.05) is 13.1 Å². The average Bonchev–Trinajstić information content (AvgIpc) is 2.67. The highest BCUT2D eigenvalue weighted by molar-refractivity contribution is 5.78. The molecule has 14 heavy (non-hydrogen) atoms. The molecule has 5 heteroatoms. The summed E-state index contributed by atoms with van der Waals surface area (Å²) in [7, 11) is 0. The Hall–Kier alpha value is -1.80. The zero-order valence-corrected chi connectivity index (χ0v) is 7.62. The third-order valence-corrected chi connectivity index (χ3v) is 1.53. The van der Waals surface area contributed by atoms with Gasteiger partial charge in [0.2, 0.25) is 5.91 Å². The third kappa shape index (κ3) is 3.74. The van der Waals surface area contributed by atoms with Gasteiger partial charge in [-0.25, -0.2) is 0 Å². The molecule has 5 nitrogen and oxygen atoms in total. The number of amides is 1. The van der Waals surface area contributed by atoms with Gasteiger partial charge in [-0.3, -0.25) is 4.79 Å². The summed E-state index contributed by atoms with van der Waals surface area (Å²) in [4.78, 5) is 11.0. The summed E-state index contributed by atoms with van der Waals surface area (Å²) in [5.74, 6) is 0.580. The normalized spacial score (nSPS) is 9.36. The molecule has 0 fully saturated rings. The van der Waals surface area contributed by atoms with Gasteiger partial charge in [0.05, 0.1) is 25.4 Å². The molecule has 0 radical (unpaired) electrons. The van der Waals surface area contributed by atoms with Crippen molar-refractivity contribution in [3.05, 3.63) is 24.2 Å². The molecule has 0 unspecified atom stereocenters. The van der Waals surface area contributed by atoms with E-state index in [0.29, 0.717) is 6.54 Å². The van der Waals surface area contributed by atoms with Gasteiger partial charge in [0.1, 0.15) is 12.3 Å². The highest BCUT2D eigenvalue weighted by atomic mass is 16.3. The Bertz CT molecular complexity index is 313. The van der Waals surface area contributed by atoms with Crippen LogP contribution in [0.3, 0.4) is 0 Å². The Morgan fingerprint density at radius 2 is 2.50 bits per heavy atom. The van der Waals surface area contributed by atoms with Crippen LogP contribution in [0.25, 0.3) is 0 Å². The molecule has 0 aliphatic heterocycles. The smallest absolute Gasteiger partial charge is 0.234 e. The quantitative estimate of drug-likeness (QED) is 0.646. The van der Waals surface area contributed by atoms with Gasteiger partial charge >= 0.3 is 0 Å². The van der Waals surface area contributed by atoms with Gasteiger partial charge in [-0.1, -0.05) is 0 Å². The Morgan fingerprint density at radius 1 is 1.64 bits per heavy atom. The summed E-state index contributed by atoms with van der Waals surface area (Å²) in [6, 6.07) is 5.43. The highest BCUT2D eigenvalue weighted by Gasteiger charge is 1.99. The number of carbonyl (C=O) groups is 1. The summed E-state index contributed by atoms with van der Waals surface area (Å²) in [5.41, 5.74) is 0. The van der Waals surface area contributed by atoms with Crippen LogP contribution in [0.4, 0.5) is 0 Å². The number of nitrogens with zero attached hydrogens (tertiary/aromatic N) is 1. The maximum atomic E-state index is 11.0. The fourth-order valence-corrected chi connectivity index (χ4v) is 0.913. The maximum Gasteiger partial charge on any atom is 0.234 e. The van der Waals surface area contributed by atoms with Gasteiger partial charge < -0.3 is 15.1 Å². The van der Waals surface area contributed by atoms with Crippen molar-refractivity contribution in [3.8, 4) is 6.07 Å². The predicted octanol–water partition coefficient (Wildman–Crippen LogP) is 0.00898. The van der Waals surface area contributed by atoms with Crippen molar-refractivity contribution in [1.29, 1.82) is 5.26 Å². The summed E-state index contributed by atoms with van der Waals surface area (Å²) in [6.07, 6.45) is 1.58. The Labute approximate surface area is 81.7 Å². The van der Waals surface area contributed by atoms with E-state index in [1.54, 1.807) is 12.3 Å². The van der Waals surface area contributed by atoms with Gasteiger partial charge in [0, 0.05) is 0 Å². The molecule has 0 saturated carbocycles. The first-order valence-electron chi connectivity index (χ1n) is 4.19. The number of carbonyl (C=O) groups excluding carboxylic acids is 1. The second-order valence-corrected chi connectivity index (χ2v) is 2.62. The van der Waals surface area contributed by atoms with Crippen LogP contribution in [0.5, 0.6) is 0 Å². The molecule has 0 atom stereocenters. The fourth-order valence-electron chi connectivity index (χ4n) is 0.913. The van der Waals surface area contributed by atoms with E-state index in [1.807, 2.05) is 12.1 Å². The number of nitriles is 1. The van der Waals surface area contributed by atoms with Crippen LogP contribution in [-0.4, -0.2) is 19.0 Å².